The van der Waals surface area contributed by atoms with E-state index in [1.54, 1.807) is 12.1 Å². The fraction of sp³-hybridized carbons (Fsp3) is 0.462. The topological polar surface area (TPSA) is 79.9 Å². The highest BCUT2D eigenvalue weighted by atomic mass is 19.4. The van der Waals surface area contributed by atoms with Crippen molar-refractivity contribution < 1.29 is 23.1 Å². The third-order valence-corrected chi connectivity index (χ3v) is 2.75. The predicted octanol–water partition coefficient (Wildman–Crippen LogP) is 1.76. The van der Waals surface area contributed by atoms with Crippen molar-refractivity contribution in [2.75, 3.05) is 19.8 Å². The number of rotatable bonds is 7. The van der Waals surface area contributed by atoms with E-state index < -0.39 is 12.8 Å². The maximum atomic E-state index is 11.8. The van der Waals surface area contributed by atoms with Crippen molar-refractivity contribution >= 4 is 5.84 Å². The minimum atomic E-state index is -4.29. The highest BCUT2D eigenvalue weighted by Gasteiger charge is 2.27. The molecule has 5 nitrogen and oxygen atoms in total. The van der Waals surface area contributed by atoms with Gasteiger partial charge in [-0.05, 0) is 24.1 Å². The van der Waals surface area contributed by atoms with Crippen LogP contribution in [0.3, 0.4) is 0 Å². The Morgan fingerprint density at radius 2 is 2.14 bits per heavy atom. The molecule has 0 radical (unpaired) electrons. The van der Waals surface area contributed by atoms with E-state index in [1.165, 1.54) is 0 Å². The molecule has 1 rings (SSSR count). The normalized spacial score (nSPS) is 12.7. The van der Waals surface area contributed by atoms with Crippen LogP contribution in [0.15, 0.2) is 23.4 Å². The van der Waals surface area contributed by atoms with E-state index in [0.717, 1.165) is 11.1 Å². The van der Waals surface area contributed by atoms with Crippen LogP contribution >= 0.6 is 0 Å². The van der Waals surface area contributed by atoms with Crippen molar-refractivity contribution in [2.24, 2.45) is 10.9 Å². The molecule has 0 spiro atoms. The number of hydrogen-bond acceptors (Lipinski definition) is 4. The molecule has 0 aliphatic carbocycles. The second kappa shape index (κ2) is 7.84. The number of nitrogens with zero attached hydrogens (tertiary/aromatic N) is 1. The van der Waals surface area contributed by atoms with Gasteiger partial charge in [0, 0.05) is 18.7 Å². The lowest BCUT2D eigenvalue weighted by atomic mass is 10.0. The summed E-state index contributed by atoms with van der Waals surface area (Å²) >= 11 is 0. The molecule has 0 saturated carbocycles. The molecule has 1 aromatic carbocycles. The lowest BCUT2D eigenvalue weighted by Gasteiger charge is -2.10. The molecule has 0 atom stereocenters. The first kappa shape index (κ1) is 17.3. The van der Waals surface area contributed by atoms with E-state index in [0.29, 0.717) is 18.7 Å². The number of alkyl halides is 3. The summed E-state index contributed by atoms with van der Waals surface area (Å²) in [5.74, 6) is 0.0261. The summed E-state index contributed by atoms with van der Waals surface area (Å²) in [5.41, 5.74) is 7.99. The zero-order valence-electron chi connectivity index (χ0n) is 11.6. The van der Waals surface area contributed by atoms with Crippen LogP contribution in [-0.4, -0.2) is 37.0 Å². The number of nitrogens with two attached hydrogens (primary N) is 1. The second-order valence-corrected chi connectivity index (χ2v) is 4.47. The molecule has 0 bridgehead atoms. The molecule has 0 saturated heterocycles. The average Bonchev–Trinajstić information content (AvgIpc) is 2.42. The minimum absolute atomic E-state index is 0.0131. The second-order valence-electron chi connectivity index (χ2n) is 4.47. The summed E-state index contributed by atoms with van der Waals surface area (Å²) < 4.78 is 40.0. The fourth-order valence-electron chi connectivity index (χ4n) is 1.67. The standard InChI is InChI=1S/C13H18F3N3O2/c1-9-6-10(12(17)19-20)2-3-11(9)7-18-4-5-21-8-13(14,15)16/h2-3,6,18,20H,4-5,7-8H2,1H3,(H2,17,19). The Morgan fingerprint density at radius 1 is 1.43 bits per heavy atom. The fourth-order valence-corrected chi connectivity index (χ4v) is 1.67. The minimum Gasteiger partial charge on any atom is -0.409 e. The molecule has 21 heavy (non-hydrogen) atoms. The Kier molecular flexibility index (Phi) is 6.44. The van der Waals surface area contributed by atoms with Gasteiger partial charge in [-0.3, -0.25) is 0 Å². The third kappa shape index (κ3) is 6.46. The monoisotopic (exact) mass is 305 g/mol. The van der Waals surface area contributed by atoms with Gasteiger partial charge in [0.2, 0.25) is 0 Å². The van der Waals surface area contributed by atoms with Crippen molar-refractivity contribution in [1.29, 1.82) is 0 Å². The van der Waals surface area contributed by atoms with E-state index in [4.69, 9.17) is 10.9 Å². The van der Waals surface area contributed by atoms with E-state index in [-0.39, 0.29) is 12.4 Å². The molecule has 0 aliphatic heterocycles. The molecule has 0 unspecified atom stereocenters. The van der Waals surface area contributed by atoms with Crippen LogP contribution in [0, 0.1) is 6.92 Å². The molecular weight excluding hydrogens is 287 g/mol. The average molecular weight is 305 g/mol. The Labute approximate surface area is 120 Å². The van der Waals surface area contributed by atoms with Gasteiger partial charge in [-0.2, -0.15) is 13.2 Å². The number of benzene rings is 1. The van der Waals surface area contributed by atoms with Crippen molar-refractivity contribution in [2.45, 2.75) is 19.6 Å². The van der Waals surface area contributed by atoms with Crippen LogP contribution < -0.4 is 11.1 Å². The molecule has 0 fully saturated rings. The number of ether oxygens (including phenoxy) is 1. The van der Waals surface area contributed by atoms with Gasteiger partial charge in [0.1, 0.15) is 6.61 Å². The molecule has 118 valence electrons. The zero-order chi connectivity index (χ0) is 15.9. The molecule has 0 heterocycles. The Bertz CT molecular complexity index is 490. The highest BCUT2D eigenvalue weighted by Crippen LogP contribution is 2.14. The van der Waals surface area contributed by atoms with Gasteiger partial charge >= 0.3 is 6.18 Å². The van der Waals surface area contributed by atoms with Gasteiger partial charge in [-0.15, -0.1) is 0 Å². The van der Waals surface area contributed by atoms with Crippen LogP contribution in [0.4, 0.5) is 13.2 Å². The number of nitrogens with one attached hydrogen (secondary N) is 1. The quantitative estimate of drug-likeness (QED) is 0.236. The van der Waals surface area contributed by atoms with Crippen LogP contribution in [0.25, 0.3) is 0 Å². The Morgan fingerprint density at radius 3 is 2.71 bits per heavy atom. The molecule has 0 aromatic heterocycles. The smallest absolute Gasteiger partial charge is 0.409 e. The van der Waals surface area contributed by atoms with E-state index in [1.807, 2.05) is 13.0 Å². The maximum absolute atomic E-state index is 11.8. The van der Waals surface area contributed by atoms with Crippen molar-refractivity contribution in [3.8, 4) is 0 Å². The summed E-state index contributed by atoms with van der Waals surface area (Å²) in [7, 11) is 0. The summed E-state index contributed by atoms with van der Waals surface area (Å²) in [6.45, 7) is 1.43. The number of hydrogen-bond donors (Lipinski definition) is 3. The highest BCUT2D eigenvalue weighted by molar-refractivity contribution is 5.97. The molecule has 1 aromatic rings. The predicted molar refractivity (Wildman–Crippen MR) is 72.3 cm³/mol. The summed E-state index contributed by atoms with van der Waals surface area (Å²) in [6, 6.07) is 5.29. The lowest BCUT2D eigenvalue weighted by molar-refractivity contribution is -0.173. The first-order chi connectivity index (χ1) is 9.83. The van der Waals surface area contributed by atoms with Crippen LogP contribution in [0.2, 0.25) is 0 Å². The van der Waals surface area contributed by atoms with Crippen LogP contribution in [0.5, 0.6) is 0 Å². The third-order valence-electron chi connectivity index (χ3n) is 2.75. The van der Waals surface area contributed by atoms with Crippen LogP contribution in [-0.2, 0) is 11.3 Å². The van der Waals surface area contributed by atoms with Gasteiger partial charge in [0.15, 0.2) is 5.84 Å². The van der Waals surface area contributed by atoms with Gasteiger partial charge in [0.25, 0.3) is 0 Å². The number of halogens is 3. The van der Waals surface area contributed by atoms with Gasteiger partial charge < -0.3 is 21.0 Å². The molecule has 4 N–H and O–H groups in total. The number of oxime groups is 1. The molecule has 0 aliphatic rings. The summed E-state index contributed by atoms with van der Waals surface area (Å²) in [4.78, 5) is 0. The number of aryl methyl sites for hydroxylation is 1. The van der Waals surface area contributed by atoms with Crippen molar-refractivity contribution in [3.05, 3.63) is 34.9 Å². The van der Waals surface area contributed by atoms with Crippen molar-refractivity contribution in [1.82, 2.24) is 5.32 Å². The zero-order valence-corrected chi connectivity index (χ0v) is 11.6. The SMILES string of the molecule is Cc1cc(/C(N)=N/O)ccc1CNCCOCC(F)(F)F. The van der Waals surface area contributed by atoms with Gasteiger partial charge in [0.05, 0.1) is 6.61 Å². The molecule has 0 amide bonds. The van der Waals surface area contributed by atoms with Gasteiger partial charge in [-0.1, -0.05) is 17.3 Å². The Hall–Kier alpha value is -1.80. The summed E-state index contributed by atoms with van der Waals surface area (Å²) in [5, 5.41) is 14.5. The van der Waals surface area contributed by atoms with Crippen molar-refractivity contribution in [3.63, 3.8) is 0 Å². The van der Waals surface area contributed by atoms with E-state index >= 15 is 0 Å². The van der Waals surface area contributed by atoms with E-state index in [9.17, 15) is 13.2 Å². The number of amidine groups is 1. The molecular formula is C13H18F3N3O2. The largest absolute Gasteiger partial charge is 0.411 e. The van der Waals surface area contributed by atoms with E-state index in [2.05, 4.69) is 15.2 Å². The van der Waals surface area contributed by atoms with Crippen LogP contribution in [0.1, 0.15) is 16.7 Å². The first-order valence-electron chi connectivity index (χ1n) is 6.26. The summed E-state index contributed by atoms with van der Waals surface area (Å²) in [6.07, 6.45) is -4.29. The van der Waals surface area contributed by atoms with Gasteiger partial charge in [-0.25, -0.2) is 0 Å². The lowest BCUT2D eigenvalue weighted by Crippen LogP contribution is -2.24. The molecule has 8 heteroatoms. The Balaban J connectivity index is 2.36. The first-order valence-corrected chi connectivity index (χ1v) is 6.26. The maximum Gasteiger partial charge on any atom is 0.411 e.